The van der Waals surface area contributed by atoms with Crippen molar-refractivity contribution in [1.82, 2.24) is 4.31 Å². The first-order valence-electron chi connectivity index (χ1n) is 11.4. The molecule has 0 radical (unpaired) electrons. The Kier molecular flexibility index (Phi) is 10.5. The molecule has 0 bridgehead atoms. The maximum absolute atomic E-state index is 13.0. The van der Waals surface area contributed by atoms with Crippen LogP contribution in [-0.2, 0) is 14.8 Å². The smallest absolute Gasteiger partial charge is 0.243 e. The molecule has 9 nitrogen and oxygen atoms in total. The van der Waals surface area contributed by atoms with Crippen LogP contribution >= 0.6 is 0 Å². The molecule has 0 atom stereocenters. The van der Waals surface area contributed by atoms with Crippen LogP contribution in [0.15, 0.2) is 41.3 Å². The van der Waals surface area contributed by atoms with E-state index in [9.17, 15) is 13.2 Å². The number of hydrogen-bond donors (Lipinski definition) is 3. The molecule has 10 heteroatoms. The van der Waals surface area contributed by atoms with Crippen LogP contribution in [0.1, 0.15) is 33.6 Å². The van der Waals surface area contributed by atoms with Crippen molar-refractivity contribution in [1.29, 1.82) is 0 Å². The van der Waals surface area contributed by atoms with Gasteiger partial charge in [-0.05, 0) is 36.8 Å². The zero-order valence-corrected chi connectivity index (χ0v) is 21.4. The minimum atomic E-state index is -3.63. The zero-order chi connectivity index (χ0) is 25.1. The molecule has 2 aromatic carbocycles. The summed E-state index contributed by atoms with van der Waals surface area (Å²) in [6.45, 7) is 7.16. The number of benzene rings is 2. The molecule has 0 fully saturated rings. The van der Waals surface area contributed by atoms with Crippen LogP contribution in [0.4, 0.5) is 17.1 Å². The lowest BCUT2D eigenvalue weighted by atomic mass is 10.2. The Bertz CT molecular complexity index is 1060. The number of carbonyl (C=O) groups excluding carboxylic acids is 1. The number of rotatable bonds is 14. The molecule has 188 valence electrons. The first-order valence-corrected chi connectivity index (χ1v) is 12.9. The van der Waals surface area contributed by atoms with E-state index in [-0.39, 0.29) is 17.3 Å². The van der Waals surface area contributed by atoms with Crippen molar-refractivity contribution in [2.24, 2.45) is 0 Å². The lowest BCUT2D eigenvalue weighted by Gasteiger charge is -2.20. The van der Waals surface area contributed by atoms with Gasteiger partial charge in [0.05, 0.1) is 37.0 Å². The number of carbonyl (C=O) groups is 1. The number of nitrogens with one attached hydrogen (secondary N) is 3. The van der Waals surface area contributed by atoms with Gasteiger partial charge < -0.3 is 25.4 Å². The van der Waals surface area contributed by atoms with Crippen LogP contribution in [0.5, 0.6) is 11.5 Å². The average Bonchev–Trinajstić information content (AvgIpc) is 2.83. The summed E-state index contributed by atoms with van der Waals surface area (Å²) in [6, 6.07) is 10.0. The fourth-order valence-corrected chi connectivity index (χ4v) is 4.88. The summed E-state index contributed by atoms with van der Waals surface area (Å²) < 4.78 is 37.9. The summed E-state index contributed by atoms with van der Waals surface area (Å²) >= 11 is 0. The van der Waals surface area contributed by atoms with Crippen molar-refractivity contribution in [2.75, 3.05) is 56.3 Å². The molecule has 0 saturated heterocycles. The van der Waals surface area contributed by atoms with E-state index in [2.05, 4.69) is 22.9 Å². The molecular weight excluding hydrogens is 456 g/mol. The van der Waals surface area contributed by atoms with Gasteiger partial charge in [-0.3, -0.25) is 4.79 Å². The van der Waals surface area contributed by atoms with E-state index >= 15 is 0 Å². The fraction of sp³-hybridized carbons (Fsp3) is 0.458. The zero-order valence-electron chi connectivity index (χ0n) is 20.6. The third-order valence-electron chi connectivity index (χ3n) is 5.29. The summed E-state index contributed by atoms with van der Waals surface area (Å²) in [7, 11) is -0.560. The summed E-state index contributed by atoms with van der Waals surface area (Å²) in [5.41, 5.74) is 1.85. The molecule has 1 amide bonds. The maximum Gasteiger partial charge on any atom is 0.243 e. The van der Waals surface area contributed by atoms with Crippen molar-refractivity contribution in [3.05, 3.63) is 36.4 Å². The minimum absolute atomic E-state index is 0.0500. The highest BCUT2D eigenvalue weighted by Gasteiger charge is 2.22. The van der Waals surface area contributed by atoms with Crippen LogP contribution in [0.25, 0.3) is 0 Å². The number of nitrogens with zero attached hydrogens (tertiary/aromatic N) is 1. The standard InChI is InChI=1S/C24H36N4O5S/c1-6-9-14-25-20-12-11-19(34(30,31)28(7-2)8-3)16-21(20)26-17-24(29)27-18-10-13-22(32-4)23(15-18)33-5/h10-13,15-16,25-26H,6-9,14,17H2,1-5H3,(H,27,29). The number of sulfonamides is 1. The Labute approximate surface area is 202 Å². The van der Waals surface area contributed by atoms with Gasteiger partial charge in [0.25, 0.3) is 0 Å². The predicted octanol–water partition coefficient (Wildman–Crippen LogP) is 4.00. The van der Waals surface area contributed by atoms with Gasteiger partial charge in [0.2, 0.25) is 15.9 Å². The Morgan fingerprint density at radius 1 is 0.912 bits per heavy atom. The second-order valence-electron chi connectivity index (χ2n) is 7.55. The summed E-state index contributed by atoms with van der Waals surface area (Å²) in [4.78, 5) is 12.8. The number of anilines is 3. The Morgan fingerprint density at radius 3 is 2.24 bits per heavy atom. The number of hydrogen-bond acceptors (Lipinski definition) is 7. The number of methoxy groups -OCH3 is 2. The normalized spacial score (nSPS) is 11.2. The molecule has 2 rings (SSSR count). The number of ether oxygens (including phenoxy) is 2. The summed E-state index contributed by atoms with van der Waals surface area (Å²) in [5.74, 6) is 0.779. The lowest BCUT2D eigenvalue weighted by molar-refractivity contribution is -0.114. The van der Waals surface area contributed by atoms with Crippen LogP contribution in [-0.4, -0.2) is 59.0 Å². The van der Waals surface area contributed by atoms with E-state index in [4.69, 9.17) is 9.47 Å². The highest BCUT2D eigenvalue weighted by atomic mass is 32.2. The molecular formula is C24H36N4O5S. The predicted molar refractivity (Wildman–Crippen MR) is 137 cm³/mol. The minimum Gasteiger partial charge on any atom is -0.493 e. The van der Waals surface area contributed by atoms with Gasteiger partial charge >= 0.3 is 0 Å². The van der Waals surface area contributed by atoms with E-state index in [1.807, 2.05) is 0 Å². The van der Waals surface area contributed by atoms with Gasteiger partial charge in [0.1, 0.15) is 0 Å². The second-order valence-corrected chi connectivity index (χ2v) is 9.49. The molecule has 2 aromatic rings. The summed E-state index contributed by atoms with van der Waals surface area (Å²) in [6.07, 6.45) is 2.00. The van der Waals surface area contributed by atoms with Crippen molar-refractivity contribution in [3.8, 4) is 11.5 Å². The van der Waals surface area contributed by atoms with Crippen molar-refractivity contribution in [3.63, 3.8) is 0 Å². The maximum atomic E-state index is 13.0. The van der Waals surface area contributed by atoms with Gasteiger partial charge in [-0.25, -0.2) is 8.42 Å². The van der Waals surface area contributed by atoms with E-state index in [0.29, 0.717) is 36.0 Å². The highest BCUT2D eigenvalue weighted by molar-refractivity contribution is 7.89. The van der Waals surface area contributed by atoms with Gasteiger partial charge in [0, 0.05) is 31.4 Å². The molecule has 0 aliphatic heterocycles. The van der Waals surface area contributed by atoms with E-state index in [1.54, 1.807) is 57.4 Å². The highest BCUT2D eigenvalue weighted by Crippen LogP contribution is 2.30. The molecule has 0 aromatic heterocycles. The van der Waals surface area contributed by atoms with Gasteiger partial charge in [-0.1, -0.05) is 27.2 Å². The van der Waals surface area contributed by atoms with Crippen LogP contribution in [0.3, 0.4) is 0 Å². The molecule has 0 aliphatic rings. The third kappa shape index (κ3) is 7.01. The van der Waals surface area contributed by atoms with Crippen molar-refractivity contribution >= 4 is 33.0 Å². The van der Waals surface area contributed by atoms with Crippen molar-refractivity contribution in [2.45, 2.75) is 38.5 Å². The first kappa shape index (κ1) is 27.3. The average molecular weight is 493 g/mol. The van der Waals surface area contributed by atoms with Gasteiger partial charge in [-0.2, -0.15) is 4.31 Å². The van der Waals surface area contributed by atoms with Crippen molar-refractivity contribution < 1.29 is 22.7 Å². The van der Waals surface area contributed by atoms with Gasteiger partial charge in [-0.15, -0.1) is 0 Å². The van der Waals surface area contributed by atoms with Crippen LogP contribution in [0, 0.1) is 0 Å². The van der Waals surface area contributed by atoms with Gasteiger partial charge in [0.15, 0.2) is 11.5 Å². The molecule has 0 unspecified atom stereocenters. The van der Waals surface area contributed by atoms with Crippen LogP contribution in [0.2, 0.25) is 0 Å². The van der Waals surface area contributed by atoms with E-state index < -0.39 is 10.0 Å². The van der Waals surface area contributed by atoms with E-state index in [0.717, 1.165) is 25.1 Å². The SMILES string of the molecule is CCCCNc1ccc(S(=O)(=O)N(CC)CC)cc1NCC(=O)Nc1ccc(OC)c(OC)c1. The Balaban J connectivity index is 2.21. The molecule has 0 aliphatic carbocycles. The number of amides is 1. The largest absolute Gasteiger partial charge is 0.493 e. The van der Waals surface area contributed by atoms with E-state index in [1.165, 1.54) is 11.4 Å². The molecule has 34 heavy (non-hydrogen) atoms. The second kappa shape index (κ2) is 13.0. The summed E-state index contributed by atoms with van der Waals surface area (Å²) in [5, 5.41) is 9.21. The molecule has 0 heterocycles. The Morgan fingerprint density at radius 2 is 1.62 bits per heavy atom. The number of unbranched alkanes of at least 4 members (excludes halogenated alkanes) is 1. The van der Waals surface area contributed by atoms with Crippen LogP contribution < -0.4 is 25.4 Å². The first-order chi connectivity index (χ1) is 16.3. The molecule has 3 N–H and O–H groups in total. The monoisotopic (exact) mass is 492 g/mol. The quantitative estimate of drug-likeness (QED) is 0.342. The Hall–Kier alpha value is -2.98. The topological polar surface area (TPSA) is 109 Å². The lowest BCUT2D eigenvalue weighted by Crippen LogP contribution is -2.30. The molecule has 0 saturated carbocycles. The fourth-order valence-electron chi connectivity index (χ4n) is 3.39. The third-order valence-corrected chi connectivity index (χ3v) is 7.33. The molecule has 0 spiro atoms.